The Kier molecular flexibility index (Phi) is 4.89. The molecule has 2 N–H and O–H groups in total. The highest BCUT2D eigenvalue weighted by Gasteiger charge is 2.59. The van der Waals surface area contributed by atoms with Gasteiger partial charge in [-0.2, -0.15) is 0 Å². The van der Waals surface area contributed by atoms with Crippen LogP contribution in [0.5, 0.6) is 0 Å². The fraction of sp³-hybridized carbons (Fsp3) is 0.609. The number of carbonyl (C=O) groups excluding carboxylic acids is 1. The summed E-state index contributed by atoms with van der Waals surface area (Å²) in [6.07, 6.45) is 4.48. The summed E-state index contributed by atoms with van der Waals surface area (Å²) in [5.41, 5.74) is 2.24. The van der Waals surface area contributed by atoms with E-state index < -0.39 is 6.10 Å². The summed E-state index contributed by atoms with van der Waals surface area (Å²) in [6, 6.07) is 10.4. The molecule has 1 saturated carbocycles. The van der Waals surface area contributed by atoms with Gasteiger partial charge >= 0.3 is 5.97 Å². The van der Waals surface area contributed by atoms with E-state index >= 15 is 0 Å². The number of esters is 1. The Balaban J connectivity index is 1.52. The Labute approximate surface area is 162 Å². The number of carbonyl (C=O) groups is 1. The number of ether oxygens (including phenoxy) is 1. The van der Waals surface area contributed by atoms with E-state index in [0.29, 0.717) is 12.5 Å². The second-order valence-corrected chi connectivity index (χ2v) is 8.84. The molecule has 0 bridgehead atoms. The standard InChI is InChI=1S/C23H31NO3/c1-14-8-7-11-17-12-19-20(21(25)23(14,17)3)18(22(26)27-19)13-24-15(2)16-9-5-4-6-10-16/h4-6,9-11,14-15,18-21,24-25H,7-8,12-13H2,1-3H3/t14-,15+,18-,19-,20-,21-,23-/m1/s1. The van der Waals surface area contributed by atoms with Gasteiger partial charge in [0.15, 0.2) is 0 Å². The molecule has 1 heterocycles. The van der Waals surface area contributed by atoms with Gasteiger partial charge in [-0.05, 0) is 31.2 Å². The molecule has 2 fully saturated rings. The number of allylic oxidation sites excluding steroid dienone is 1. The minimum atomic E-state index is -0.539. The molecule has 146 valence electrons. The lowest BCUT2D eigenvalue weighted by Crippen LogP contribution is -2.54. The number of aliphatic hydroxyl groups is 1. The largest absolute Gasteiger partial charge is 0.461 e. The molecule has 0 aromatic heterocycles. The number of rotatable bonds is 4. The summed E-state index contributed by atoms with van der Waals surface area (Å²) >= 11 is 0. The maximum atomic E-state index is 12.6. The summed E-state index contributed by atoms with van der Waals surface area (Å²) in [6.45, 7) is 7.06. The quantitative estimate of drug-likeness (QED) is 0.629. The highest BCUT2D eigenvalue weighted by atomic mass is 16.6. The monoisotopic (exact) mass is 369 g/mol. The van der Waals surface area contributed by atoms with E-state index in [4.69, 9.17) is 4.74 Å². The minimum absolute atomic E-state index is 0.129. The Morgan fingerprint density at radius 3 is 2.81 bits per heavy atom. The van der Waals surface area contributed by atoms with E-state index in [1.165, 1.54) is 11.1 Å². The SMILES string of the molecule is C[C@H](NC[C@H]1C(=O)O[C@@H]2CC3=CCC[C@@H](C)[C@@]3(C)[C@H](O)[C@@H]21)c1ccccc1. The zero-order valence-corrected chi connectivity index (χ0v) is 16.5. The van der Waals surface area contributed by atoms with Crippen molar-refractivity contribution < 1.29 is 14.6 Å². The Hall–Kier alpha value is -1.65. The van der Waals surface area contributed by atoms with Crippen molar-refractivity contribution >= 4 is 5.97 Å². The van der Waals surface area contributed by atoms with Crippen LogP contribution in [0.15, 0.2) is 42.0 Å². The maximum absolute atomic E-state index is 12.6. The van der Waals surface area contributed by atoms with Crippen LogP contribution in [-0.4, -0.2) is 29.8 Å². The Bertz CT molecular complexity index is 730. The Morgan fingerprint density at radius 2 is 2.07 bits per heavy atom. The molecular formula is C23H31NO3. The first-order chi connectivity index (χ1) is 12.9. The molecule has 1 aliphatic heterocycles. The van der Waals surface area contributed by atoms with E-state index in [1.807, 2.05) is 18.2 Å². The summed E-state index contributed by atoms with van der Waals surface area (Å²) in [5.74, 6) is -0.160. The summed E-state index contributed by atoms with van der Waals surface area (Å²) < 4.78 is 5.74. The number of hydrogen-bond donors (Lipinski definition) is 2. The van der Waals surface area contributed by atoms with E-state index in [-0.39, 0.29) is 35.4 Å². The van der Waals surface area contributed by atoms with Crippen molar-refractivity contribution in [3.63, 3.8) is 0 Å². The normalized spacial score (nSPS) is 39.2. The molecule has 4 nitrogen and oxygen atoms in total. The van der Waals surface area contributed by atoms with Crippen LogP contribution in [0.2, 0.25) is 0 Å². The van der Waals surface area contributed by atoms with Gasteiger partial charge in [-0.3, -0.25) is 4.79 Å². The second kappa shape index (κ2) is 7.06. The third kappa shape index (κ3) is 3.03. The van der Waals surface area contributed by atoms with Crippen molar-refractivity contribution in [2.45, 2.75) is 58.3 Å². The first kappa shape index (κ1) is 18.7. The van der Waals surface area contributed by atoms with Crippen molar-refractivity contribution in [2.24, 2.45) is 23.2 Å². The second-order valence-electron chi connectivity index (χ2n) is 8.84. The lowest BCUT2D eigenvalue weighted by Gasteiger charge is -2.51. The molecule has 1 aromatic carbocycles. The predicted octanol–water partition coefficient (Wildman–Crippen LogP) is 3.62. The summed E-state index contributed by atoms with van der Waals surface area (Å²) in [4.78, 5) is 12.6. The van der Waals surface area contributed by atoms with Crippen LogP contribution in [0.25, 0.3) is 0 Å². The lowest BCUT2D eigenvalue weighted by atomic mass is 9.55. The molecule has 1 saturated heterocycles. The van der Waals surface area contributed by atoms with Gasteiger partial charge < -0.3 is 15.2 Å². The van der Waals surface area contributed by atoms with Crippen LogP contribution in [0.1, 0.15) is 51.6 Å². The highest BCUT2D eigenvalue weighted by Crippen LogP contribution is 2.55. The summed E-state index contributed by atoms with van der Waals surface area (Å²) in [5, 5.41) is 14.9. The number of nitrogens with one attached hydrogen (secondary N) is 1. The molecule has 27 heavy (non-hydrogen) atoms. The average Bonchev–Trinajstić information content (AvgIpc) is 2.98. The fourth-order valence-corrected chi connectivity index (χ4v) is 5.46. The van der Waals surface area contributed by atoms with Crippen molar-refractivity contribution in [3.05, 3.63) is 47.5 Å². The first-order valence-corrected chi connectivity index (χ1v) is 10.3. The van der Waals surface area contributed by atoms with Crippen LogP contribution < -0.4 is 5.32 Å². The molecule has 4 rings (SSSR count). The van der Waals surface area contributed by atoms with Gasteiger partial charge in [0.1, 0.15) is 6.10 Å². The molecule has 0 radical (unpaired) electrons. The van der Waals surface area contributed by atoms with Gasteiger partial charge in [-0.1, -0.05) is 55.8 Å². The smallest absolute Gasteiger partial charge is 0.311 e. The number of aliphatic hydroxyl groups excluding tert-OH is 1. The molecule has 7 atom stereocenters. The minimum Gasteiger partial charge on any atom is -0.461 e. The number of benzene rings is 1. The molecule has 2 aliphatic carbocycles. The van der Waals surface area contributed by atoms with Crippen LogP contribution >= 0.6 is 0 Å². The maximum Gasteiger partial charge on any atom is 0.311 e. The van der Waals surface area contributed by atoms with Gasteiger partial charge in [0.2, 0.25) is 0 Å². The van der Waals surface area contributed by atoms with Gasteiger partial charge in [-0.15, -0.1) is 0 Å². The molecular weight excluding hydrogens is 338 g/mol. The average molecular weight is 370 g/mol. The highest BCUT2D eigenvalue weighted by molar-refractivity contribution is 5.76. The molecule has 1 aromatic rings. The zero-order chi connectivity index (χ0) is 19.2. The van der Waals surface area contributed by atoms with Gasteiger partial charge in [0.05, 0.1) is 12.0 Å². The number of hydrogen-bond acceptors (Lipinski definition) is 4. The van der Waals surface area contributed by atoms with E-state index in [1.54, 1.807) is 0 Å². The first-order valence-electron chi connectivity index (χ1n) is 10.3. The topological polar surface area (TPSA) is 58.6 Å². The van der Waals surface area contributed by atoms with Crippen LogP contribution in [0.4, 0.5) is 0 Å². The van der Waals surface area contributed by atoms with Crippen molar-refractivity contribution in [3.8, 4) is 0 Å². The van der Waals surface area contributed by atoms with Gasteiger partial charge in [-0.25, -0.2) is 0 Å². The van der Waals surface area contributed by atoms with E-state index in [0.717, 1.165) is 19.3 Å². The van der Waals surface area contributed by atoms with Crippen molar-refractivity contribution in [1.29, 1.82) is 0 Å². The molecule has 0 spiro atoms. The van der Waals surface area contributed by atoms with Crippen molar-refractivity contribution in [1.82, 2.24) is 5.32 Å². The van der Waals surface area contributed by atoms with Gasteiger partial charge in [0, 0.05) is 30.3 Å². The fourth-order valence-electron chi connectivity index (χ4n) is 5.46. The molecule has 0 unspecified atom stereocenters. The Morgan fingerprint density at radius 1 is 1.33 bits per heavy atom. The van der Waals surface area contributed by atoms with Crippen LogP contribution in [-0.2, 0) is 9.53 Å². The van der Waals surface area contributed by atoms with Crippen LogP contribution in [0, 0.1) is 23.2 Å². The lowest BCUT2D eigenvalue weighted by molar-refractivity contribution is -0.144. The summed E-state index contributed by atoms with van der Waals surface area (Å²) in [7, 11) is 0. The molecule has 4 heteroatoms. The third-order valence-corrected chi connectivity index (χ3v) is 7.51. The van der Waals surface area contributed by atoms with E-state index in [2.05, 4.69) is 44.3 Å². The molecule has 0 amide bonds. The van der Waals surface area contributed by atoms with E-state index in [9.17, 15) is 9.90 Å². The number of fused-ring (bicyclic) bond motifs is 2. The predicted molar refractivity (Wildman–Crippen MR) is 105 cm³/mol. The third-order valence-electron chi connectivity index (χ3n) is 7.51. The van der Waals surface area contributed by atoms with Gasteiger partial charge in [0.25, 0.3) is 0 Å². The van der Waals surface area contributed by atoms with Crippen LogP contribution in [0.3, 0.4) is 0 Å². The zero-order valence-electron chi connectivity index (χ0n) is 16.5. The van der Waals surface area contributed by atoms with Crippen molar-refractivity contribution in [2.75, 3.05) is 6.54 Å². The molecule has 3 aliphatic rings.